The Labute approximate surface area is 152 Å². The van der Waals surface area contributed by atoms with Crippen LogP contribution >= 0.6 is 0 Å². The molecule has 136 valence electrons. The maximum atomic E-state index is 12.5. The van der Waals surface area contributed by atoms with E-state index in [9.17, 15) is 9.59 Å². The lowest BCUT2D eigenvalue weighted by Crippen LogP contribution is -2.56. The first-order valence-electron chi connectivity index (χ1n) is 8.95. The number of nitrogens with zero attached hydrogens (tertiary/aromatic N) is 2. The van der Waals surface area contributed by atoms with Crippen molar-refractivity contribution in [2.45, 2.75) is 24.9 Å². The van der Waals surface area contributed by atoms with Gasteiger partial charge in [0.25, 0.3) is 5.91 Å². The first kappa shape index (κ1) is 16.8. The first-order chi connectivity index (χ1) is 12.7. The molecule has 26 heavy (non-hydrogen) atoms. The van der Waals surface area contributed by atoms with Crippen LogP contribution in [0.5, 0.6) is 0 Å². The molecule has 2 fully saturated rings. The van der Waals surface area contributed by atoms with Crippen molar-refractivity contribution < 1.29 is 18.7 Å². The number of carbonyl (C=O) groups is 2. The third kappa shape index (κ3) is 3.37. The van der Waals surface area contributed by atoms with Crippen LogP contribution in [0.15, 0.2) is 53.1 Å². The molecule has 1 spiro atoms. The molecule has 0 aliphatic carbocycles. The topological polar surface area (TPSA) is 63.0 Å². The van der Waals surface area contributed by atoms with Gasteiger partial charge in [-0.1, -0.05) is 18.2 Å². The van der Waals surface area contributed by atoms with Crippen LogP contribution in [0.4, 0.5) is 5.69 Å². The molecule has 2 amide bonds. The normalized spacial score (nSPS) is 23.0. The summed E-state index contributed by atoms with van der Waals surface area (Å²) in [5.74, 6) is 0.886. The van der Waals surface area contributed by atoms with Gasteiger partial charge in [0.05, 0.1) is 19.4 Å². The lowest BCUT2D eigenvalue weighted by Gasteiger charge is -2.40. The molecule has 4 rings (SSSR count). The van der Waals surface area contributed by atoms with Gasteiger partial charge in [-0.25, -0.2) is 0 Å². The zero-order valence-electron chi connectivity index (χ0n) is 14.6. The number of hydrogen-bond donors (Lipinski definition) is 0. The number of aryl methyl sites for hydroxylation is 1. The van der Waals surface area contributed by atoms with E-state index < -0.39 is 5.60 Å². The van der Waals surface area contributed by atoms with Gasteiger partial charge in [-0.3, -0.25) is 9.59 Å². The molecule has 2 aromatic rings. The molecule has 2 saturated heterocycles. The highest BCUT2D eigenvalue weighted by molar-refractivity contribution is 5.95. The minimum Gasteiger partial charge on any atom is -0.469 e. The second kappa shape index (κ2) is 6.96. The van der Waals surface area contributed by atoms with Crippen molar-refractivity contribution in [1.82, 2.24) is 4.90 Å². The molecule has 2 aliphatic heterocycles. The summed E-state index contributed by atoms with van der Waals surface area (Å²) in [7, 11) is 0. The maximum absolute atomic E-state index is 12.5. The predicted molar refractivity (Wildman–Crippen MR) is 95.7 cm³/mol. The van der Waals surface area contributed by atoms with Crippen molar-refractivity contribution in [2.75, 3.05) is 31.1 Å². The Kier molecular flexibility index (Phi) is 4.51. The molecule has 0 radical (unpaired) electrons. The molecule has 3 heterocycles. The van der Waals surface area contributed by atoms with E-state index in [1.54, 1.807) is 11.2 Å². The predicted octanol–water partition coefficient (Wildman–Crippen LogP) is 2.25. The number of ether oxygens (including phenoxy) is 1. The number of para-hydroxylation sites is 1. The largest absolute Gasteiger partial charge is 0.469 e. The fraction of sp³-hybridized carbons (Fsp3) is 0.400. The molecule has 6 heteroatoms. The summed E-state index contributed by atoms with van der Waals surface area (Å²) in [4.78, 5) is 28.5. The van der Waals surface area contributed by atoms with Gasteiger partial charge in [-0.2, -0.15) is 0 Å². The molecule has 6 nitrogen and oxygen atoms in total. The Hall–Kier alpha value is -2.60. The van der Waals surface area contributed by atoms with Gasteiger partial charge in [0.2, 0.25) is 5.91 Å². The van der Waals surface area contributed by atoms with E-state index in [1.165, 1.54) is 0 Å². The fourth-order valence-electron chi connectivity index (χ4n) is 3.71. The number of carbonyl (C=O) groups excluding carboxylic acids is 2. The Bertz CT molecular complexity index is 774. The second-order valence-electron chi connectivity index (χ2n) is 6.93. The molecular weight excluding hydrogens is 332 g/mol. The van der Waals surface area contributed by atoms with Gasteiger partial charge in [-0.15, -0.1) is 0 Å². The molecule has 0 saturated carbocycles. The standard InChI is InChI=1S/C20H22N2O4/c23-18(9-8-17-7-4-12-25-17)21-11-10-20(14-21)15-22(19(24)13-26-20)16-5-2-1-3-6-16/h1-7,12H,8-11,13-15H2. The Balaban J connectivity index is 1.40. The Morgan fingerprint density at radius 2 is 1.96 bits per heavy atom. The number of anilines is 1. The average Bonchev–Trinajstić information content (AvgIpc) is 3.33. The van der Waals surface area contributed by atoms with Crippen LogP contribution < -0.4 is 4.90 Å². The summed E-state index contributed by atoms with van der Waals surface area (Å²) in [6.07, 6.45) is 3.39. The van der Waals surface area contributed by atoms with Crippen molar-refractivity contribution in [3.8, 4) is 0 Å². The third-order valence-electron chi connectivity index (χ3n) is 5.15. The van der Waals surface area contributed by atoms with E-state index in [-0.39, 0.29) is 18.4 Å². The minimum absolute atomic E-state index is 0.0376. The third-order valence-corrected chi connectivity index (χ3v) is 5.15. The van der Waals surface area contributed by atoms with Gasteiger partial charge in [0, 0.05) is 25.1 Å². The monoisotopic (exact) mass is 354 g/mol. The van der Waals surface area contributed by atoms with Crippen LogP contribution in [0.2, 0.25) is 0 Å². The van der Waals surface area contributed by atoms with E-state index in [1.807, 2.05) is 47.4 Å². The fourth-order valence-corrected chi connectivity index (χ4v) is 3.71. The van der Waals surface area contributed by atoms with Crippen molar-refractivity contribution in [3.05, 3.63) is 54.5 Å². The summed E-state index contributed by atoms with van der Waals surface area (Å²) in [5, 5.41) is 0. The highest BCUT2D eigenvalue weighted by Crippen LogP contribution is 2.32. The van der Waals surface area contributed by atoms with Crippen molar-refractivity contribution >= 4 is 17.5 Å². The lowest BCUT2D eigenvalue weighted by atomic mass is 10.00. The number of hydrogen-bond acceptors (Lipinski definition) is 4. The summed E-state index contributed by atoms with van der Waals surface area (Å²) in [5.41, 5.74) is 0.409. The van der Waals surface area contributed by atoms with Crippen molar-refractivity contribution in [2.24, 2.45) is 0 Å². The van der Waals surface area contributed by atoms with Crippen LogP contribution in [0.25, 0.3) is 0 Å². The van der Waals surface area contributed by atoms with E-state index in [0.717, 1.165) is 17.9 Å². The van der Waals surface area contributed by atoms with E-state index in [0.29, 0.717) is 32.5 Å². The minimum atomic E-state index is -0.468. The Morgan fingerprint density at radius 3 is 2.73 bits per heavy atom. The number of morpholine rings is 1. The summed E-state index contributed by atoms with van der Waals surface area (Å²) < 4.78 is 11.2. The number of furan rings is 1. The van der Waals surface area contributed by atoms with E-state index in [4.69, 9.17) is 9.15 Å². The van der Waals surface area contributed by atoms with Crippen molar-refractivity contribution in [1.29, 1.82) is 0 Å². The van der Waals surface area contributed by atoms with Crippen LogP contribution in [-0.4, -0.2) is 48.6 Å². The summed E-state index contributed by atoms with van der Waals surface area (Å²) >= 11 is 0. The molecule has 2 aliphatic rings. The summed E-state index contributed by atoms with van der Waals surface area (Å²) in [6, 6.07) is 13.3. The molecule has 1 aromatic heterocycles. The van der Waals surface area contributed by atoms with Gasteiger partial charge in [0.1, 0.15) is 18.0 Å². The van der Waals surface area contributed by atoms with Crippen LogP contribution in [0, 0.1) is 0 Å². The van der Waals surface area contributed by atoms with Gasteiger partial charge in [0.15, 0.2) is 0 Å². The molecule has 0 N–H and O–H groups in total. The number of likely N-dealkylation sites (tertiary alicyclic amines) is 1. The average molecular weight is 354 g/mol. The highest BCUT2D eigenvalue weighted by atomic mass is 16.5. The molecular formula is C20H22N2O4. The van der Waals surface area contributed by atoms with Crippen LogP contribution in [-0.2, 0) is 20.7 Å². The first-order valence-corrected chi connectivity index (χ1v) is 8.95. The second-order valence-corrected chi connectivity index (χ2v) is 6.93. The molecule has 1 aromatic carbocycles. The zero-order chi connectivity index (χ0) is 18.0. The summed E-state index contributed by atoms with van der Waals surface area (Å²) in [6.45, 7) is 1.73. The Morgan fingerprint density at radius 1 is 1.12 bits per heavy atom. The molecule has 1 atom stereocenters. The number of amides is 2. The highest BCUT2D eigenvalue weighted by Gasteiger charge is 2.46. The van der Waals surface area contributed by atoms with Crippen LogP contribution in [0.3, 0.4) is 0 Å². The van der Waals surface area contributed by atoms with Gasteiger partial charge in [-0.05, 0) is 30.7 Å². The number of rotatable bonds is 4. The van der Waals surface area contributed by atoms with E-state index >= 15 is 0 Å². The zero-order valence-corrected chi connectivity index (χ0v) is 14.6. The van der Waals surface area contributed by atoms with Gasteiger partial charge >= 0.3 is 0 Å². The quantitative estimate of drug-likeness (QED) is 0.845. The van der Waals surface area contributed by atoms with Crippen molar-refractivity contribution in [3.63, 3.8) is 0 Å². The number of benzene rings is 1. The van der Waals surface area contributed by atoms with Gasteiger partial charge < -0.3 is 19.0 Å². The van der Waals surface area contributed by atoms with E-state index in [2.05, 4.69) is 0 Å². The lowest BCUT2D eigenvalue weighted by molar-refractivity contribution is -0.139. The molecule has 0 bridgehead atoms. The maximum Gasteiger partial charge on any atom is 0.253 e. The van der Waals surface area contributed by atoms with Crippen LogP contribution in [0.1, 0.15) is 18.6 Å². The SMILES string of the molecule is O=C(CCc1ccco1)N1CCC2(C1)CN(c1ccccc1)C(=O)CO2. The smallest absolute Gasteiger partial charge is 0.253 e. The molecule has 1 unspecified atom stereocenters.